The number of para-hydroxylation sites is 1. The number of likely N-dealkylation sites (tertiary alicyclic amines) is 1. The first-order valence-electron chi connectivity index (χ1n) is 14.5. The molecule has 220 valence electrons. The molecule has 3 aliphatic rings. The number of piperidine rings is 1. The minimum atomic E-state index is -3.80. The highest BCUT2D eigenvalue weighted by molar-refractivity contribution is 7.92. The lowest BCUT2D eigenvalue weighted by molar-refractivity contribution is -0.129. The van der Waals surface area contributed by atoms with Gasteiger partial charge in [-0.1, -0.05) is 18.2 Å². The number of benzene rings is 2. The molecule has 3 amide bonds. The van der Waals surface area contributed by atoms with Crippen LogP contribution in [0.2, 0.25) is 0 Å². The van der Waals surface area contributed by atoms with Gasteiger partial charge < -0.3 is 15.1 Å². The number of nitrogens with one attached hydrogen (secondary N) is 1. The minimum Gasteiger partial charge on any atom is -0.339 e. The minimum absolute atomic E-state index is 0.0216. The standard InChI is InChI=1S/C31H34N4O5S2/c1-21(36)34-19-15-25-27(20-34)41-30(28(25)31(38)33-16-5-2-6-17-33)32-29(37)23-11-13-24(14-12-23)42(39,40)35-18-7-9-22-8-3-4-10-26(22)35/h3-4,8,10-14H,2,5-7,9,15-20H2,1H3,(H,32,37). The van der Waals surface area contributed by atoms with Crippen molar-refractivity contribution in [3.05, 3.63) is 75.7 Å². The van der Waals surface area contributed by atoms with Crippen LogP contribution >= 0.6 is 11.3 Å². The van der Waals surface area contributed by atoms with Crippen LogP contribution in [0.3, 0.4) is 0 Å². The highest BCUT2D eigenvalue weighted by Gasteiger charge is 2.33. The van der Waals surface area contributed by atoms with Gasteiger partial charge in [-0.2, -0.15) is 0 Å². The van der Waals surface area contributed by atoms with E-state index in [0.29, 0.717) is 61.0 Å². The number of sulfonamides is 1. The molecule has 11 heteroatoms. The SMILES string of the molecule is CC(=O)N1CCc2c(sc(NC(=O)c3ccc(S(=O)(=O)N4CCCc5ccccc54)cc3)c2C(=O)N2CCCCC2)C1. The van der Waals surface area contributed by atoms with Crippen molar-refractivity contribution in [2.24, 2.45) is 0 Å². The van der Waals surface area contributed by atoms with Crippen molar-refractivity contribution in [2.75, 3.05) is 35.8 Å². The number of fused-ring (bicyclic) bond motifs is 2. The quantitative estimate of drug-likeness (QED) is 0.454. The van der Waals surface area contributed by atoms with Gasteiger partial charge in [-0.05, 0) is 80.0 Å². The Bertz CT molecular complexity index is 1640. The Kier molecular flexibility index (Phi) is 7.80. The maximum atomic E-state index is 13.7. The number of amides is 3. The Hall–Kier alpha value is -3.70. The van der Waals surface area contributed by atoms with Crippen LogP contribution in [0, 0.1) is 0 Å². The molecule has 0 atom stereocenters. The summed E-state index contributed by atoms with van der Waals surface area (Å²) in [7, 11) is -3.80. The first kappa shape index (κ1) is 28.4. The van der Waals surface area contributed by atoms with Crippen molar-refractivity contribution in [1.82, 2.24) is 9.80 Å². The van der Waals surface area contributed by atoms with E-state index in [1.807, 2.05) is 29.2 Å². The second-order valence-corrected chi connectivity index (χ2v) is 14.0. The number of carbonyl (C=O) groups excluding carboxylic acids is 3. The summed E-state index contributed by atoms with van der Waals surface area (Å²) in [6.45, 7) is 4.26. The number of rotatable bonds is 5. The third-order valence-electron chi connectivity index (χ3n) is 8.36. The average Bonchev–Trinajstić information content (AvgIpc) is 3.37. The largest absolute Gasteiger partial charge is 0.339 e. The van der Waals surface area contributed by atoms with Crippen LogP contribution in [0.1, 0.15) is 69.3 Å². The first-order chi connectivity index (χ1) is 20.2. The molecule has 3 aliphatic heterocycles. The second kappa shape index (κ2) is 11.5. The van der Waals surface area contributed by atoms with Crippen LogP contribution in [-0.4, -0.2) is 62.1 Å². The third-order valence-corrected chi connectivity index (χ3v) is 11.3. The molecule has 9 nitrogen and oxygen atoms in total. The smallest absolute Gasteiger partial charge is 0.264 e. The van der Waals surface area contributed by atoms with Crippen molar-refractivity contribution in [3.8, 4) is 0 Å². The molecule has 0 saturated carbocycles. The fourth-order valence-corrected chi connectivity index (χ4v) is 8.86. The van der Waals surface area contributed by atoms with Crippen molar-refractivity contribution >= 4 is 49.8 Å². The lowest BCUT2D eigenvalue weighted by atomic mass is 10.0. The molecule has 0 unspecified atom stereocenters. The fraction of sp³-hybridized carbons (Fsp3) is 0.387. The van der Waals surface area contributed by atoms with Crippen LogP contribution < -0.4 is 9.62 Å². The maximum Gasteiger partial charge on any atom is 0.264 e. The van der Waals surface area contributed by atoms with Gasteiger partial charge in [0.25, 0.3) is 21.8 Å². The summed E-state index contributed by atoms with van der Waals surface area (Å²) in [6.07, 6.45) is 5.14. The number of hydrogen-bond donors (Lipinski definition) is 1. The zero-order valence-corrected chi connectivity index (χ0v) is 25.2. The zero-order valence-electron chi connectivity index (χ0n) is 23.6. The molecule has 1 saturated heterocycles. The van der Waals surface area contributed by atoms with E-state index in [1.54, 1.807) is 4.90 Å². The third kappa shape index (κ3) is 5.31. The maximum absolute atomic E-state index is 13.7. The molecule has 0 spiro atoms. The number of aryl methyl sites for hydroxylation is 1. The Morgan fingerprint density at radius 3 is 2.31 bits per heavy atom. The van der Waals surface area contributed by atoms with Crippen LogP contribution in [-0.2, 0) is 34.2 Å². The summed E-state index contributed by atoms with van der Waals surface area (Å²) >= 11 is 1.34. The van der Waals surface area contributed by atoms with Gasteiger partial charge in [-0.25, -0.2) is 8.42 Å². The predicted octanol–water partition coefficient (Wildman–Crippen LogP) is 4.67. The highest BCUT2D eigenvalue weighted by Crippen LogP contribution is 2.39. The molecule has 6 rings (SSSR count). The van der Waals surface area contributed by atoms with Gasteiger partial charge in [0.05, 0.1) is 22.7 Å². The van der Waals surface area contributed by atoms with Crippen LogP contribution in [0.25, 0.3) is 0 Å². The predicted molar refractivity (Wildman–Crippen MR) is 163 cm³/mol. The summed E-state index contributed by atoms with van der Waals surface area (Å²) in [5.74, 6) is -0.523. The molecule has 2 aromatic carbocycles. The van der Waals surface area contributed by atoms with E-state index in [2.05, 4.69) is 5.32 Å². The topological polar surface area (TPSA) is 107 Å². The lowest BCUT2D eigenvalue weighted by Gasteiger charge is -2.30. The van der Waals surface area contributed by atoms with Gasteiger partial charge in [0.2, 0.25) is 5.91 Å². The molecule has 4 heterocycles. The van der Waals surface area contributed by atoms with Gasteiger partial charge in [-0.15, -0.1) is 11.3 Å². The molecule has 1 aromatic heterocycles. The van der Waals surface area contributed by atoms with E-state index >= 15 is 0 Å². The molecule has 0 aliphatic carbocycles. The molecule has 0 bridgehead atoms. The second-order valence-electron chi connectivity index (χ2n) is 11.0. The normalized spacial score (nSPS) is 16.9. The fourth-order valence-electron chi connectivity index (χ4n) is 6.07. The molecule has 0 radical (unpaired) electrons. The van der Waals surface area contributed by atoms with Crippen molar-refractivity contribution < 1.29 is 22.8 Å². The molecular weight excluding hydrogens is 572 g/mol. The Balaban J connectivity index is 1.26. The van der Waals surface area contributed by atoms with E-state index in [1.165, 1.54) is 46.8 Å². The van der Waals surface area contributed by atoms with Crippen molar-refractivity contribution in [3.63, 3.8) is 0 Å². The lowest BCUT2D eigenvalue weighted by Crippen LogP contribution is -2.38. The molecule has 1 N–H and O–H groups in total. The number of thiophene rings is 1. The van der Waals surface area contributed by atoms with E-state index in [-0.39, 0.29) is 16.7 Å². The van der Waals surface area contributed by atoms with Crippen LogP contribution in [0.15, 0.2) is 53.4 Å². The zero-order chi connectivity index (χ0) is 29.4. The van der Waals surface area contributed by atoms with E-state index in [0.717, 1.165) is 48.1 Å². The summed E-state index contributed by atoms with van der Waals surface area (Å²) < 4.78 is 28.5. The highest BCUT2D eigenvalue weighted by atomic mass is 32.2. The Morgan fingerprint density at radius 2 is 1.57 bits per heavy atom. The van der Waals surface area contributed by atoms with Crippen molar-refractivity contribution in [1.29, 1.82) is 0 Å². The number of hydrogen-bond acceptors (Lipinski definition) is 6. The molecular formula is C31H34N4O5S2. The van der Waals surface area contributed by atoms with Gasteiger partial charge >= 0.3 is 0 Å². The molecule has 3 aromatic rings. The summed E-state index contributed by atoms with van der Waals surface area (Å²) in [5, 5.41) is 3.43. The Labute approximate surface area is 250 Å². The van der Waals surface area contributed by atoms with Gasteiger partial charge in [0.15, 0.2) is 0 Å². The van der Waals surface area contributed by atoms with E-state index in [4.69, 9.17) is 0 Å². The molecule has 1 fully saturated rings. The van der Waals surface area contributed by atoms with Gasteiger partial charge in [0.1, 0.15) is 5.00 Å². The van der Waals surface area contributed by atoms with E-state index in [9.17, 15) is 22.8 Å². The van der Waals surface area contributed by atoms with E-state index < -0.39 is 15.9 Å². The van der Waals surface area contributed by atoms with Crippen LogP contribution in [0.4, 0.5) is 10.7 Å². The molecule has 42 heavy (non-hydrogen) atoms. The average molecular weight is 607 g/mol. The van der Waals surface area contributed by atoms with Gasteiger partial charge in [0, 0.05) is 43.5 Å². The Morgan fingerprint density at radius 1 is 0.833 bits per heavy atom. The number of anilines is 2. The number of nitrogens with zero attached hydrogens (tertiary/aromatic N) is 3. The number of carbonyl (C=O) groups is 3. The summed E-state index contributed by atoms with van der Waals surface area (Å²) in [6, 6.07) is 13.5. The summed E-state index contributed by atoms with van der Waals surface area (Å²) in [5.41, 5.74) is 3.42. The van der Waals surface area contributed by atoms with Gasteiger partial charge in [-0.3, -0.25) is 18.7 Å². The van der Waals surface area contributed by atoms with Crippen LogP contribution in [0.5, 0.6) is 0 Å². The monoisotopic (exact) mass is 606 g/mol. The van der Waals surface area contributed by atoms with Crippen molar-refractivity contribution in [2.45, 2.75) is 56.9 Å². The summed E-state index contributed by atoms with van der Waals surface area (Å²) in [4.78, 5) is 43.8. The first-order valence-corrected chi connectivity index (χ1v) is 16.7.